The van der Waals surface area contributed by atoms with Crippen LogP contribution in [-0.2, 0) is 16.6 Å². The highest BCUT2D eigenvalue weighted by Crippen LogP contribution is 2.48. The third kappa shape index (κ3) is 4.97. The van der Waals surface area contributed by atoms with Gasteiger partial charge < -0.3 is 15.1 Å². The largest absolute Gasteiger partial charge is 0.441 e. The van der Waals surface area contributed by atoms with Gasteiger partial charge in [-0.1, -0.05) is 13.0 Å². The van der Waals surface area contributed by atoms with Gasteiger partial charge in [-0.3, -0.25) is 19.3 Å². The minimum atomic E-state index is -0.980. The molecule has 2 N–H and O–H groups in total. The van der Waals surface area contributed by atoms with Crippen molar-refractivity contribution in [3.8, 4) is 17.2 Å². The highest BCUT2D eigenvalue weighted by atomic mass is 16.3. The van der Waals surface area contributed by atoms with Crippen molar-refractivity contribution in [2.24, 2.45) is 0 Å². The summed E-state index contributed by atoms with van der Waals surface area (Å²) in [5, 5.41) is 20.1. The van der Waals surface area contributed by atoms with E-state index in [9.17, 15) is 14.9 Å². The monoisotopic (exact) mass is 549 g/mol. The lowest BCUT2D eigenvalue weighted by Crippen LogP contribution is -2.51. The number of nitrogens with one attached hydrogen (secondary N) is 2. The molecule has 3 aliphatic carbocycles. The van der Waals surface area contributed by atoms with Crippen molar-refractivity contribution in [3.05, 3.63) is 65.6 Å². The first-order valence-corrected chi connectivity index (χ1v) is 14.2. The molecule has 3 fully saturated rings. The lowest BCUT2D eigenvalue weighted by Gasteiger charge is -2.19. The van der Waals surface area contributed by atoms with Gasteiger partial charge in [-0.05, 0) is 86.9 Å². The summed E-state index contributed by atoms with van der Waals surface area (Å²) in [5.41, 5.74) is 4.67. The summed E-state index contributed by atoms with van der Waals surface area (Å²) in [6.45, 7) is 4.10. The molecule has 41 heavy (non-hydrogen) atoms. The van der Waals surface area contributed by atoms with Crippen LogP contribution in [0.4, 0.5) is 0 Å². The van der Waals surface area contributed by atoms with E-state index >= 15 is 0 Å². The Morgan fingerprint density at radius 2 is 1.93 bits per heavy atom. The van der Waals surface area contributed by atoms with Crippen LogP contribution in [0.2, 0.25) is 0 Å². The van der Waals surface area contributed by atoms with Crippen LogP contribution in [0.5, 0.6) is 0 Å². The molecule has 3 heterocycles. The average molecular weight is 550 g/mol. The first-order chi connectivity index (χ1) is 19.7. The maximum Gasteiger partial charge on any atom is 0.270 e. The van der Waals surface area contributed by atoms with E-state index in [0.717, 1.165) is 48.2 Å². The molecule has 2 amide bonds. The second-order valence-electron chi connectivity index (χ2n) is 12.0. The van der Waals surface area contributed by atoms with Crippen molar-refractivity contribution >= 4 is 22.9 Å². The van der Waals surface area contributed by atoms with E-state index in [2.05, 4.69) is 33.6 Å². The standard InChI is InChI=1S/C31H31N7O3/c1-18-13-20(7-12-33-18)19-3-6-22-25(14-19)41-27(34-22)15-23(28(39)36-31(17-32)10-11-31)35-29(40)24-16-26(30(2)8-9-30)37-38(24)21-4-5-21/h3,6-7,12-14,16,21,23H,4-5,8-11,15H2,1-2H3,(H,35,40)(H,36,39)/t23-/m0/s1. The fraction of sp³-hybridized carbons (Fsp3) is 0.419. The number of nitrogens with zero attached hydrogens (tertiary/aromatic N) is 5. The summed E-state index contributed by atoms with van der Waals surface area (Å²) < 4.78 is 7.91. The smallest absolute Gasteiger partial charge is 0.270 e. The molecule has 0 aliphatic heterocycles. The van der Waals surface area contributed by atoms with Gasteiger partial charge in [0.05, 0.1) is 24.2 Å². The number of oxazole rings is 1. The Bertz CT molecular complexity index is 1730. The van der Waals surface area contributed by atoms with E-state index in [4.69, 9.17) is 9.52 Å². The SMILES string of the molecule is Cc1cc(-c2ccc3nc(C[C@H](NC(=O)c4cc(C5(C)CC5)nn4C4CC4)C(=O)NC4(C#N)CC4)oc3c2)ccn1. The topological polar surface area (TPSA) is 139 Å². The van der Waals surface area contributed by atoms with Crippen LogP contribution in [0.25, 0.3) is 22.2 Å². The number of hydrogen-bond donors (Lipinski definition) is 2. The predicted molar refractivity (Wildman–Crippen MR) is 150 cm³/mol. The number of carbonyl (C=O) groups excluding carboxylic acids is 2. The molecule has 0 radical (unpaired) electrons. The molecule has 1 aromatic carbocycles. The molecule has 3 saturated carbocycles. The van der Waals surface area contributed by atoms with Gasteiger partial charge in [0.2, 0.25) is 5.91 Å². The van der Waals surface area contributed by atoms with E-state index in [0.29, 0.717) is 35.5 Å². The molecule has 0 saturated heterocycles. The van der Waals surface area contributed by atoms with Crippen molar-refractivity contribution in [3.63, 3.8) is 0 Å². The van der Waals surface area contributed by atoms with Crippen LogP contribution in [-0.4, -0.2) is 43.1 Å². The van der Waals surface area contributed by atoms with Gasteiger partial charge in [0.1, 0.15) is 22.8 Å². The lowest BCUT2D eigenvalue weighted by atomic mass is 10.1. The minimum Gasteiger partial charge on any atom is -0.441 e. The molecule has 208 valence electrons. The minimum absolute atomic E-state index is 0.0170. The van der Waals surface area contributed by atoms with Gasteiger partial charge in [0.25, 0.3) is 5.91 Å². The molecule has 0 unspecified atom stereocenters. The summed E-state index contributed by atoms with van der Waals surface area (Å²) in [5.74, 6) is -0.472. The second-order valence-corrected chi connectivity index (χ2v) is 12.0. The zero-order valence-electron chi connectivity index (χ0n) is 23.1. The number of rotatable bonds is 9. The van der Waals surface area contributed by atoms with Crippen LogP contribution < -0.4 is 10.6 Å². The van der Waals surface area contributed by atoms with E-state index in [1.165, 1.54) is 0 Å². The molecule has 7 rings (SSSR count). The number of benzene rings is 1. The zero-order chi connectivity index (χ0) is 28.4. The quantitative estimate of drug-likeness (QED) is 0.317. The average Bonchev–Trinajstić information content (AvgIpc) is 3.93. The number of amides is 2. The Labute approximate surface area is 237 Å². The van der Waals surface area contributed by atoms with Crippen LogP contribution in [0.1, 0.15) is 79.3 Å². The van der Waals surface area contributed by atoms with Crippen LogP contribution >= 0.6 is 0 Å². The number of nitriles is 1. The summed E-state index contributed by atoms with van der Waals surface area (Å²) in [6, 6.07) is 13.0. The van der Waals surface area contributed by atoms with E-state index in [1.54, 1.807) is 6.20 Å². The van der Waals surface area contributed by atoms with Gasteiger partial charge in [-0.2, -0.15) is 10.4 Å². The third-order valence-electron chi connectivity index (χ3n) is 8.47. The summed E-state index contributed by atoms with van der Waals surface area (Å²) in [4.78, 5) is 36.0. The van der Waals surface area contributed by atoms with E-state index in [-0.39, 0.29) is 23.8 Å². The molecule has 0 bridgehead atoms. The number of carbonyl (C=O) groups is 2. The maximum atomic E-state index is 13.6. The molecule has 10 heteroatoms. The normalized spacial score (nSPS) is 18.9. The Kier molecular flexibility index (Phi) is 5.75. The van der Waals surface area contributed by atoms with Crippen molar-refractivity contribution in [2.75, 3.05) is 0 Å². The molecular formula is C31H31N7O3. The number of pyridine rings is 1. The highest BCUT2D eigenvalue weighted by molar-refractivity contribution is 5.97. The van der Waals surface area contributed by atoms with E-state index in [1.807, 2.05) is 48.0 Å². The molecule has 4 aromatic rings. The van der Waals surface area contributed by atoms with Gasteiger partial charge in [0.15, 0.2) is 11.5 Å². The molecule has 1 atom stereocenters. The highest BCUT2D eigenvalue weighted by Gasteiger charge is 2.46. The Morgan fingerprint density at radius 1 is 1.15 bits per heavy atom. The fourth-order valence-electron chi connectivity index (χ4n) is 5.19. The number of aromatic nitrogens is 4. The summed E-state index contributed by atoms with van der Waals surface area (Å²) in [7, 11) is 0. The molecule has 3 aromatic heterocycles. The number of fused-ring (bicyclic) bond motifs is 1. The first-order valence-electron chi connectivity index (χ1n) is 14.2. The molecule has 10 nitrogen and oxygen atoms in total. The third-order valence-corrected chi connectivity index (χ3v) is 8.47. The van der Waals surface area contributed by atoms with Crippen molar-refractivity contribution in [1.82, 2.24) is 30.4 Å². The predicted octanol–water partition coefficient (Wildman–Crippen LogP) is 4.29. The van der Waals surface area contributed by atoms with Gasteiger partial charge in [-0.25, -0.2) is 4.98 Å². The number of aryl methyl sites for hydroxylation is 1. The first kappa shape index (κ1) is 25.4. The van der Waals surface area contributed by atoms with Gasteiger partial charge in [0, 0.05) is 17.3 Å². The molecule has 0 spiro atoms. The summed E-state index contributed by atoms with van der Waals surface area (Å²) in [6.07, 6.45) is 7.06. The number of hydrogen-bond acceptors (Lipinski definition) is 7. The van der Waals surface area contributed by atoms with Crippen LogP contribution in [0.3, 0.4) is 0 Å². The Morgan fingerprint density at radius 3 is 2.61 bits per heavy atom. The van der Waals surface area contributed by atoms with Crippen LogP contribution in [0, 0.1) is 18.3 Å². The zero-order valence-corrected chi connectivity index (χ0v) is 23.1. The molecular weight excluding hydrogens is 518 g/mol. The Hall–Kier alpha value is -4.52. The van der Waals surface area contributed by atoms with Gasteiger partial charge >= 0.3 is 0 Å². The van der Waals surface area contributed by atoms with Crippen LogP contribution in [0.15, 0.2) is 47.0 Å². The van der Waals surface area contributed by atoms with Gasteiger partial charge in [-0.15, -0.1) is 0 Å². The lowest BCUT2D eigenvalue weighted by molar-refractivity contribution is -0.123. The molecule has 3 aliphatic rings. The van der Waals surface area contributed by atoms with Crippen molar-refractivity contribution in [1.29, 1.82) is 5.26 Å². The van der Waals surface area contributed by atoms with E-state index < -0.39 is 17.5 Å². The fourth-order valence-corrected chi connectivity index (χ4v) is 5.19. The second kappa shape index (κ2) is 9.26. The Balaban J connectivity index is 1.16. The maximum absolute atomic E-state index is 13.6. The van der Waals surface area contributed by atoms with Crippen molar-refractivity contribution in [2.45, 2.75) is 81.8 Å². The van der Waals surface area contributed by atoms with Crippen molar-refractivity contribution < 1.29 is 14.0 Å². The summed E-state index contributed by atoms with van der Waals surface area (Å²) >= 11 is 0.